The zero-order valence-corrected chi connectivity index (χ0v) is 11.4. The molecule has 0 saturated carbocycles. The van der Waals surface area contributed by atoms with Crippen LogP contribution in [0.15, 0.2) is 40.8 Å². The Balaban J connectivity index is 1.98. The highest BCUT2D eigenvalue weighted by Gasteiger charge is 2.17. The first-order valence-electron chi connectivity index (χ1n) is 6.11. The van der Waals surface area contributed by atoms with E-state index in [1.54, 1.807) is 6.07 Å². The van der Waals surface area contributed by atoms with Gasteiger partial charge in [-0.2, -0.15) is 0 Å². The van der Waals surface area contributed by atoms with Gasteiger partial charge in [0, 0.05) is 11.6 Å². The minimum Gasteiger partial charge on any atom is -0.463 e. The van der Waals surface area contributed by atoms with Crippen LogP contribution in [0.1, 0.15) is 28.1 Å². The Bertz CT molecular complexity index is 546. The Morgan fingerprint density at radius 1 is 1.26 bits per heavy atom. The third kappa shape index (κ3) is 3.61. The normalized spacial score (nSPS) is 10.4. The molecule has 0 aliphatic rings. The summed E-state index contributed by atoms with van der Waals surface area (Å²) < 4.78 is 9.82. The number of hydrogen-bond donors (Lipinski definition) is 0. The number of methoxy groups -OCH3 is 1. The number of rotatable bonds is 5. The second-order valence-electron chi connectivity index (χ2n) is 4.24. The summed E-state index contributed by atoms with van der Waals surface area (Å²) in [7, 11) is 1.33. The monoisotopic (exact) mass is 278 g/mol. The van der Waals surface area contributed by atoms with Crippen LogP contribution in [0.3, 0.4) is 0 Å². The fourth-order valence-electron chi connectivity index (χ4n) is 1.97. The first kappa shape index (κ1) is 13.7. The summed E-state index contributed by atoms with van der Waals surface area (Å²) >= 11 is 5.79. The van der Waals surface area contributed by atoms with Gasteiger partial charge in [-0.05, 0) is 36.4 Å². The molecule has 0 aliphatic carbocycles. The molecule has 1 heterocycles. The third-order valence-corrected chi connectivity index (χ3v) is 3.09. The van der Waals surface area contributed by atoms with Crippen LogP contribution in [0.4, 0.5) is 0 Å². The van der Waals surface area contributed by atoms with Crippen LogP contribution in [-0.4, -0.2) is 13.1 Å². The van der Waals surface area contributed by atoms with Crippen LogP contribution >= 0.6 is 11.6 Å². The van der Waals surface area contributed by atoms with Gasteiger partial charge >= 0.3 is 5.97 Å². The van der Waals surface area contributed by atoms with Gasteiger partial charge in [-0.15, -0.1) is 0 Å². The van der Waals surface area contributed by atoms with Crippen molar-refractivity contribution in [3.05, 3.63) is 58.5 Å². The lowest BCUT2D eigenvalue weighted by molar-refractivity contribution is 0.0563. The fraction of sp³-hybridized carbons (Fsp3) is 0.267. The number of halogens is 1. The van der Waals surface area contributed by atoms with E-state index in [1.165, 1.54) is 12.7 Å². The van der Waals surface area contributed by atoms with Gasteiger partial charge in [-0.3, -0.25) is 0 Å². The molecule has 3 nitrogen and oxygen atoms in total. The molecule has 2 aromatic rings. The predicted octanol–water partition coefficient (Wildman–Crippen LogP) is 3.89. The third-order valence-electron chi connectivity index (χ3n) is 2.90. The molecule has 1 aromatic carbocycles. The summed E-state index contributed by atoms with van der Waals surface area (Å²) in [4.78, 5) is 11.5. The van der Waals surface area contributed by atoms with Gasteiger partial charge in [-0.1, -0.05) is 30.3 Å². The molecule has 0 radical (unpaired) electrons. The maximum absolute atomic E-state index is 11.5. The van der Waals surface area contributed by atoms with Crippen molar-refractivity contribution < 1.29 is 13.9 Å². The van der Waals surface area contributed by atoms with Gasteiger partial charge in [0.1, 0.15) is 0 Å². The van der Waals surface area contributed by atoms with Crippen LogP contribution < -0.4 is 0 Å². The number of hydrogen-bond acceptors (Lipinski definition) is 3. The quantitative estimate of drug-likeness (QED) is 0.779. The van der Waals surface area contributed by atoms with Gasteiger partial charge in [0.05, 0.1) is 7.11 Å². The fourth-order valence-corrected chi connectivity index (χ4v) is 2.18. The molecule has 0 bridgehead atoms. The van der Waals surface area contributed by atoms with Crippen molar-refractivity contribution in [2.45, 2.75) is 19.3 Å². The van der Waals surface area contributed by atoms with E-state index in [2.05, 4.69) is 16.9 Å². The topological polar surface area (TPSA) is 39.4 Å². The minimum absolute atomic E-state index is 0.209. The first-order chi connectivity index (χ1) is 9.20. The lowest BCUT2D eigenvalue weighted by atomic mass is 10.0. The van der Waals surface area contributed by atoms with E-state index in [0.717, 1.165) is 24.8 Å². The summed E-state index contributed by atoms with van der Waals surface area (Å²) in [6.45, 7) is 0. The molecule has 0 aliphatic heterocycles. The average molecular weight is 279 g/mol. The number of carbonyl (C=O) groups is 1. The minimum atomic E-state index is -0.485. The summed E-state index contributed by atoms with van der Waals surface area (Å²) in [6, 6.07) is 11.9. The Labute approximate surface area is 117 Å². The number of benzene rings is 1. The summed E-state index contributed by atoms with van der Waals surface area (Å²) in [6.07, 6.45) is 2.60. The molecule has 1 aromatic heterocycles. The van der Waals surface area contributed by atoms with E-state index >= 15 is 0 Å². The molecule has 0 atom stereocenters. The van der Waals surface area contributed by atoms with E-state index < -0.39 is 5.97 Å². The number of esters is 1. The predicted molar refractivity (Wildman–Crippen MR) is 73.5 cm³/mol. The summed E-state index contributed by atoms with van der Waals surface area (Å²) in [5.41, 5.74) is 2.07. The largest absolute Gasteiger partial charge is 0.463 e. The highest BCUT2D eigenvalue weighted by atomic mass is 35.5. The maximum atomic E-state index is 11.5. The van der Waals surface area contributed by atoms with Crippen LogP contribution in [0, 0.1) is 0 Å². The van der Waals surface area contributed by atoms with Crippen molar-refractivity contribution in [3.8, 4) is 0 Å². The lowest BCUT2D eigenvalue weighted by Gasteiger charge is -2.02. The first-order valence-corrected chi connectivity index (χ1v) is 6.49. The Kier molecular flexibility index (Phi) is 4.63. The smallest absolute Gasteiger partial charge is 0.374 e. The molecular weight excluding hydrogens is 264 g/mol. The van der Waals surface area contributed by atoms with Crippen LogP contribution in [-0.2, 0) is 17.6 Å². The van der Waals surface area contributed by atoms with E-state index in [9.17, 15) is 4.79 Å². The van der Waals surface area contributed by atoms with Gasteiger partial charge in [0.15, 0.2) is 5.22 Å². The number of aryl methyl sites for hydroxylation is 2. The highest BCUT2D eigenvalue weighted by molar-refractivity contribution is 6.29. The van der Waals surface area contributed by atoms with Gasteiger partial charge in [-0.25, -0.2) is 4.79 Å². The second-order valence-corrected chi connectivity index (χ2v) is 4.61. The van der Waals surface area contributed by atoms with E-state index in [4.69, 9.17) is 16.0 Å². The summed E-state index contributed by atoms with van der Waals surface area (Å²) in [5, 5.41) is 0.218. The lowest BCUT2D eigenvalue weighted by Crippen LogP contribution is -2.03. The second kappa shape index (κ2) is 6.43. The Morgan fingerprint density at radius 3 is 2.68 bits per heavy atom. The Hall–Kier alpha value is -1.74. The molecule has 100 valence electrons. The van der Waals surface area contributed by atoms with Crippen molar-refractivity contribution in [2.24, 2.45) is 0 Å². The van der Waals surface area contributed by atoms with E-state index in [0.29, 0.717) is 0 Å². The maximum Gasteiger partial charge on any atom is 0.374 e. The van der Waals surface area contributed by atoms with Crippen molar-refractivity contribution in [1.29, 1.82) is 0 Å². The zero-order chi connectivity index (χ0) is 13.7. The molecule has 0 fully saturated rings. The van der Waals surface area contributed by atoms with Crippen LogP contribution in [0.25, 0.3) is 0 Å². The molecule has 0 unspecified atom stereocenters. The van der Waals surface area contributed by atoms with Gasteiger partial charge in [0.25, 0.3) is 0 Å². The van der Waals surface area contributed by atoms with E-state index in [-0.39, 0.29) is 11.0 Å². The molecule has 0 saturated heterocycles. The number of ether oxygens (including phenoxy) is 1. The summed E-state index contributed by atoms with van der Waals surface area (Å²) in [5.74, 6) is -0.276. The molecule has 2 rings (SSSR count). The van der Waals surface area contributed by atoms with Crippen molar-refractivity contribution in [3.63, 3.8) is 0 Å². The zero-order valence-electron chi connectivity index (χ0n) is 10.7. The molecule has 0 spiro atoms. The van der Waals surface area contributed by atoms with Gasteiger partial charge < -0.3 is 9.15 Å². The highest BCUT2D eigenvalue weighted by Crippen LogP contribution is 2.22. The number of furan rings is 1. The van der Waals surface area contributed by atoms with Crippen molar-refractivity contribution in [2.75, 3.05) is 7.11 Å². The molecule has 0 amide bonds. The van der Waals surface area contributed by atoms with Gasteiger partial charge in [0.2, 0.25) is 5.76 Å². The molecule has 19 heavy (non-hydrogen) atoms. The van der Waals surface area contributed by atoms with Crippen LogP contribution in [0.2, 0.25) is 5.22 Å². The Morgan fingerprint density at radius 2 is 2.00 bits per heavy atom. The van der Waals surface area contributed by atoms with Crippen molar-refractivity contribution in [1.82, 2.24) is 0 Å². The van der Waals surface area contributed by atoms with Crippen molar-refractivity contribution >= 4 is 17.6 Å². The average Bonchev–Trinajstić information content (AvgIpc) is 2.80. The van der Waals surface area contributed by atoms with E-state index in [1.807, 2.05) is 18.2 Å². The molecule has 4 heteroatoms. The SMILES string of the molecule is COC(=O)c1oc(Cl)cc1CCCc1ccccc1. The van der Waals surface area contributed by atoms with Crippen LogP contribution in [0.5, 0.6) is 0 Å². The molecule has 0 N–H and O–H groups in total. The standard InChI is InChI=1S/C15H15ClO3/c1-18-15(17)14-12(10-13(16)19-14)9-5-8-11-6-3-2-4-7-11/h2-4,6-7,10H,5,8-9H2,1H3. The molecular formula is C15H15ClO3. The number of carbonyl (C=O) groups excluding carboxylic acids is 1.